The average Bonchev–Trinajstić information content (AvgIpc) is 2.38. The zero-order chi connectivity index (χ0) is 15.3. The first-order chi connectivity index (χ1) is 9.38. The minimum absolute atomic E-state index is 0.161. The Bertz CT molecular complexity index is 451. The number of hydrogen-bond donors (Lipinski definition) is 2. The summed E-state index contributed by atoms with van der Waals surface area (Å²) in [6.07, 6.45) is 0.161. The van der Waals surface area contributed by atoms with Crippen LogP contribution < -0.4 is 15.2 Å². The van der Waals surface area contributed by atoms with E-state index in [0.717, 1.165) is 4.90 Å². The van der Waals surface area contributed by atoms with Crippen molar-refractivity contribution in [1.82, 2.24) is 0 Å². The van der Waals surface area contributed by atoms with Crippen molar-refractivity contribution in [1.29, 1.82) is 0 Å². The molecule has 5 nitrogen and oxygen atoms in total. The summed E-state index contributed by atoms with van der Waals surface area (Å²) in [5.41, 5.74) is 6.28. The lowest BCUT2D eigenvalue weighted by Crippen LogP contribution is -2.32. The lowest BCUT2D eigenvalue weighted by atomic mass is 10.0. The minimum atomic E-state index is -1.05. The number of carboxylic acids is 1. The molecular weight excluding hydrogens is 278 g/mol. The second-order valence-corrected chi connectivity index (χ2v) is 6.27. The van der Waals surface area contributed by atoms with Gasteiger partial charge in [0.2, 0.25) is 0 Å². The van der Waals surface area contributed by atoms with Gasteiger partial charge in [0.1, 0.15) is 17.5 Å². The zero-order valence-corrected chi connectivity index (χ0v) is 13.0. The van der Waals surface area contributed by atoms with Crippen molar-refractivity contribution in [3.63, 3.8) is 0 Å². The number of methoxy groups -OCH3 is 2. The third-order valence-electron chi connectivity index (χ3n) is 2.69. The fraction of sp³-hybridized carbons (Fsp3) is 0.500. The minimum Gasteiger partial charge on any atom is -0.496 e. The Balaban J connectivity index is 3.17. The molecule has 3 N–H and O–H groups in total. The van der Waals surface area contributed by atoms with Gasteiger partial charge >= 0.3 is 5.97 Å². The van der Waals surface area contributed by atoms with Gasteiger partial charge in [0, 0.05) is 22.1 Å². The predicted molar refractivity (Wildman–Crippen MR) is 79.9 cm³/mol. The first kappa shape index (κ1) is 16.7. The number of benzene rings is 1. The quantitative estimate of drug-likeness (QED) is 0.751. The molecule has 1 atom stereocenters. The molecular formula is C14H21NO4S. The predicted octanol–water partition coefficient (Wildman–Crippen LogP) is 2.16. The molecule has 0 bridgehead atoms. The molecule has 0 heterocycles. The summed E-state index contributed by atoms with van der Waals surface area (Å²) in [6.45, 7) is 4.19. The second kappa shape index (κ2) is 7.40. The van der Waals surface area contributed by atoms with Crippen LogP contribution in [0, 0.1) is 0 Å². The van der Waals surface area contributed by atoms with E-state index in [4.69, 9.17) is 20.3 Å². The van der Waals surface area contributed by atoms with Gasteiger partial charge in [-0.3, -0.25) is 4.79 Å². The summed E-state index contributed by atoms with van der Waals surface area (Å²) in [6, 6.07) is 2.79. The SMILES string of the molecule is COc1cc(SC(C)C)cc(OC)c1CC(N)C(=O)O. The molecule has 6 heteroatoms. The molecule has 1 unspecified atom stereocenters. The van der Waals surface area contributed by atoms with Crippen LogP contribution in [0.25, 0.3) is 0 Å². The van der Waals surface area contributed by atoms with Gasteiger partial charge in [-0.05, 0) is 12.1 Å². The fourth-order valence-corrected chi connectivity index (χ4v) is 2.70. The molecule has 1 rings (SSSR count). The summed E-state index contributed by atoms with van der Waals surface area (Å²) in [5, 5.41) is 9.36. The Kier molecular flexibility index (Phi) is 6.16. The van der Waals surface area contributed by atoms with E-state index in [9.17, 15) is 4.79 Å². The third kappa shape index (κ3) is 4.31. The highest BCUT2D eigenvalue weighted by Crippen LogP contribution is 2.36. The van der Waals surface area contributed by atoms with Gasteiger partial charge in [0.05, 0.1) is 14.2 Å². The van der Waals surface area contributed by atoms with Gasteiger partial charge in [0.25, 0.3) is 0 Å². The highest BCUT2D eigenvalue weighted by atomic mass is 32.2. The van der Waals surface area contributed by atoms with Gasteiger partial charge in [-0.25, -0.2) is 0 Å². The monoisotopic (exact) mass is 299 g/mol. The number of rotatable bonds is 7. The van der Waals surface area contributed by atoms with E-state index in [1.54, 1.807) is 26.0 Å². The van der Waals surface area contributed by atoms with E-state index >= 15 is 0 Å². The summed E-state index contributed by atoms with van der Waals surface area (Å²) >= 11 is 1.68. The van der Waals surface area contributed by atoms with Crippen molar-refractivity contribution in [2.75, 3.05) is 14.2 Å². The van der Waals surface area contributed by atoms with E-state index < -0.39 is 12.0 Å². The number of nitrogens with two attached hydrogens (primary N) is 1. The largest absolute Gasteiger partial charge is 0.496 e. The van der Waals surface area contributed by atoms with E-state index in [0.29, 0.717) is 22.3 Å². The molecule has 112 valence electrons. The molecule has 0 aliphatic rings. The molecule has 0 amide bonds. The Morgan fingerprint density at radius 1 is 1.30 bits per heavy atom. The molecule has 0 spiro atoms. The number of ether oxygens (including phenoxy) is 2. The van der Waals surface area contributed by atoms with E-state index in [1.165, 1.54) is 0 Å². The van der Waals surface area contributed by atoms with Crippen molar-refractivity contribution in [3.8, 4) is 11.5 Å². The van der Waals surface area contributed by atoms with Crippen molar-refractivity contribution in [2.24, 2.45) is 5.73 Å². The van der Waals surface area contributed by atoms with Gasteiger partial charge in [-0.2, -0.15) is 0 Å². The van der Waals surface area contributed by atoms with Crippen molar-refractivity contribution < 1.29 is 19.4 Å². The number of carboxylic acid groups (broad SMARTS) is 1. The van der Waals surface area contributed by atoms with Gasteiger partial charge in [-0.1, -0.05) is 13.8 Å². The van der Waals surface area contributed by atoms with Gasteiger partial charge < -0.3 is 20.3 Å². The summed E-state index contributed by atoms with van der Waals surface area (Å²) in [7, 11) is 3.10. The summed E-state index contributed by atoms with van der Waals surface area (Å²) in [4.78, 5) is 11.9. The number of aliphatic carboxylic acids is 1. The van der Waals surface area contributed by atoms with Crippen LogP contribution in [-0.4, -0.2) is 36.6 Å². The van der Waals surface area contributed by atoms with Crippen molar-refractivity contribution in [2.45, 2.75) is 36.5 Å². The Hall–Kier alpha value is -1.40. The maximum atomic E-state index is 10.9. The van der Waals surface area contributed by atoms with Crippen LogP contribution >= 0.6 is 11.8 Å². The van der Waals surface area contributed by atoms with Crippen LogP contribution in [0.5, 0.6) is 11.5 Å². The normalized spacial score (nSPS) is 12.3. The number of thioether (sulfide) groups is 1. The van der Waals surface area contributed by atoms with Crippen LogP contribution in [0.2, 0.25) is 0 Å². The maximum absolute atomic E-state index is 10.9. The zero-order valence-electron chi connectivity index (χ0n) is 12.2. The standard InChI is InChI=1S/C14H21NO4S/c1-8(2)20-9-5-12(18-3)10(13(6-9)19-4)7-11(15)14(16)17/h5-6,8,11H,7,15H2,1-4H3,(H,16,17). The van der Waals surface area contributed by atoms with E-state index in [2.05, 4.69) is 13.8 Å². The number of hydrogen-bond acceptors (Lipinski definition) is 5. The van der Waals surface area contributed by atoms with E-state index in [1.807, 2.05) is 12.1 Å². The number of carbonyl (C=O) groups is 1. The molecule has 0 aliphatic carbocycles. The fourth-order valence-electron chi connectivity index (χ4n) is 1.81. The Labute approximate surface area is 123 Å². The van der Waals surface area contributed by atoms with Crippen LogP contribution in [0.3, 0.4) is 0 Å². The first-order valence-electron chi connectivity index (χ1n) is 6.29. The lowest BCUT2D eigenvalue weighted by Gasteiger charge is -2.17. The van der Waals surface area contributed by atoms with Crippen LogP contribution in [0.1, 0.15) is 19.4 Å². The molecule has 0 saturated heterocycles. The van der Waals surface area contributed by atoms with Crippen LogP contribution in [0.15, 0.2) is 17.0 Å². The van der Waals surface area contributed by atoms with Crippen LogP contribution in [0.4, 0.5) is 0 Å². The first-order valence-corrected chi connectivity index (χ1v) is 7.17. The highest BCUT2D eigenvalue weighted by molar-refractivity contribution is 7.99. The third-order valence-corrected chi connectivity index (χ3v) is 3.67. The Morgan fingerprint density at radius 2 is 1.80 bits per heavy atom. The molecule has 0 aromatic heterocycles. The smallest absolute Gasteiger partial charge is 0.320 e. The molecule has 1 aromatic carbocycles. The summed E-state index contributed by atoms with van der Waals surface area (Å²) in [5.74, 6) is 0.156. The lowest BCUT2D eigenvalue weighted by molar-refractivity contribution is -0.138. The molecule has 0 saturated carbocycles. The maximum Gasteiger partial charge on any atom is 0.320 e. The topological polar surface area (TPSA) is 81.8 Å². The summed E-state index contributed by atoms with van der Waals surface area (Å²) < 4.78 is 10.7. The molecule has 20 heavy (non-hydrogen) atoms. The molecule has 0 aliphatic heterocycles. The van der Waals surface area contributed by atoms with Gasteiger partial charge in [0.15, 0.2) is 0 Å². The molecule has 0 fully saturated rings. The molecule has 1 aromatic rings. The van der Waals surface area contributed by atoms with Crippen molar-refractivity contribution >= 4 is 17.7 Å². The highest BCUT2D eigenvalue weighted by Gasteiger charge is 2.20. The van der Waals surface area contributed by atoms with Crippen LogP contribution in [-0.2, 0) is 11.2 Å². The van der Waals surface area contributed by atoms with Gasteiger partial charge in [-0.15, -0.1) is 11.8 Å². The van der Waals surface area contributed by atoms with Crippen molar-refractivity contribution in [3.05, 3.63) is 17.7 Å². The Morgan fingerprint density at radius 3 is 2.15 bits per heavy atom. The average molecular weight is 299 g/mol. The second-order valence-electron chi connectivity index (χ2n) is 4.62. The van der Waals surface area contributed by atoms with E-state index in [-0.39, 0.29) is 6.42 Å². The molecule has 0 radical (unpaired) electrons.